The van der Waals surface area contributed by atoms with Crippen LogP contribution in [0, 0.1) is 0 Å². The molecule has 0 atom stereocenters. The van der Waals surface area contributed by atoms with Crippen LogP contribution in [0.25, 0.3) is 137 Å². The number of anilines is 6. The monoisotopic (exact) mass is 1320 g/mol. The van der Waals surface area contributed by atoms with Gasteiger partial charge < -0.3 is 23.5 Å². The van der Waals surface area contributed by atoms with Crippen LogP contribution < -0.4 is 9.80 Å². The molecule has 484 valence electrons. The largest absolute Gasteiger partial charge is 0.310 e. The van der Waals surface area contributed by atoms with Gasteiger partial charge in [0.1, 0.15) is 0 Å². The first-order chi connectivity index (χ1) is 51.6. The molecule has 22 rings (SSSR count). The van der Waals surface area contributed by atoms with Gasteiger partial charge in [0, 0.05) is 88.0 Å². The Kier molecular flexibility index (Phi) is 12.6. The Morgan fingerprint density at radius 2 is 0.548 bits per heavy atom. The first-order valence-electron chi connectivity index (χ1n) is 36.0. The van der Waals surface area contributed by atoms with E-state index in [2.05, 4.69) is 406 Å². The normalized spacial score (nSPS) is 12.7. The maximum absolute atomic E-state index is 2.56. The molecule has 0 amide bonds. The number of hydrogen-bond acceptors (Lipinski definition) is 2. The molecule has 1 aliphatic heterocycles. The number of fused-ring (bicyclic) bond motifs is 22. The molecule has 1 aliphatic carbocycles. The van der Waals surface area contributed by atoms with E-state index in [-0.39, 0.29) is 0 Å². The zero-order valence-electron chi connectivity index (χ0n) is 56.6. The molecule has 20 aromatic rings. The average molecular weight is 1320 g/mol. The number of hydrogen-bond donors (Lipinski definition) is 0. The van der Waals surface area contributed by atoms with Gasteiger partial charge in [0.15, 0.2) is 0 Å². The summed E-state index contributed by atoms with van der Waals surface area (Å²) in [4.78, 5) is 5.07. The third-order valence-electron chi connectivity index (χ3n) is 22.6. The molecule has 1 spiro atoms. The van der Waals surface area contributed by atoms with Crippen LogP contribution in [0.1, 0.15) is 22.3 Å². The van der Waals surface area contributed by atoms with Crippen LogP contribution in [0.15, 0.2) is 382 Å². The fourth-order valence-electron chi connectivity index (χ4n) is 18.3. The Morgan fingerprint density at radius 3 is 1.02 bits per heavy atom. The quantitative estimate of drug-likeness (QED) is 0.136. The maximum Gasteiger partial charge on any atom is 0.0756 e. The molecule has 0 saturated carbocycles. The number of benzene rings is 17. The summed E-state index contributed by atoms with van der Waals surface area (Å²) in [7, 11) is 0. The van der Waals surface area contributed by atoms with E-state index < -0.39 is 5.41 Å². The number of para-hydroxylation sites is 7. The Labute approximate surface area is 601 Å². The summed E-state index contributed by atoms with van der Waals surface area (Å²) in [6, 6.07) is 143. The van der Waals surface area contributed by atoms with Crippen LogP contribution in [-0.4, -0.2) is 13.7 Å². The molecule has 2 aliphatic rings. The third-order valence-corrected chi connectivity index (χ3v) is 22.6. The van der Waals surface area contributed by atoms with E-state index in [1.807, 2.05) is 0 Å². The summed E-state index contributed by atoms with van der Waals surface area (Å²) >= 11 is 0. The van der Waals surface area contributed by atoms with Crippen molar-refractivity contribution in [1.29, 1.82) is 0 Å². The smallest absolute Gasteiger partial charge is 0.0756 e. The highest BCUT2D eigenvalue weighted by atomic mass is 15.2. The Balaban J connectivity index is 0.788. The second-order valence-corrected chi connectivity index (χ2v) is 27.8. The zero-order valence-corrected chi connectivity index (χ0v) is 56.6. The molecule has 0 bridgehead atoms. The number of rotatable bonds is 10. The van der Waals surface area contributed by atoms with Crippen molar-refractivity contribution < 1.29 is 0 Å². The standard InChI is InChI=1S/C99H63N5/c1-5-26-64(27-6-1)66-48-52-70(53-49-66)102-90-44-21-18-37-79(90)84-62-94(77-35-13-15-39-81(77)96(84)102)100(68-30-9-3-10-31-68)72-56-58-74-75-59-57-73(61-89(75)99(88(74)60-72)86-42-20-24-47-93(86)104-92-46-23-17-34-76(92)83-41-25-43-87(99)98(83)104)101(69-32-11-4-12-33-69)95-63-85-80-38-19-22-45-91(80)103(97(85)82-40-16-14-36-78(82)95)71-54-50-67(51-55-71)65-28-7-2-8-29-65/h1-63H. The molecular formula is C99H63N5. The van der Waals surface area contributed by atoms with E-state index in [1.165, 1.54) is 126 Å². The van der Waals surface area contributed by atoms with Crippen LogP contribution in [0.5, 0.6) is 0 Å². The highest BCUT2D eigenvalue weighted by Gasteiger charge is 2.52. The molecule has 4 heterocycles. The van der Waals surface area contributed by atoms with Gasteiger partial charge >= 0.3 is 0 Å². The lowest BCUT2D eigenvalue weighted by molar-refractivity contribution is 0.748. The van der Waals surface area contributed by atoms with Crippen molar-refractivity contribution in [2.75, 3.05) is 9.80 Å². The van der Waals surface area contributed by atoms with E-state index >= 15 is 0 Å². The summed E-state index contributed by atoms with van der Waals surface area (Å²) in [6.45, 7) is 0. The molecule has 3 aromatic heterocycles. The van der Waals surface area contributed by atoms with Crippen molar-refractivity contribution in [1.82, 2.24) is 13.7 Å². The first-order valence-corrected chi connectivity index (χ1v) is 36.0. The predicted molar refractivity (Wildman–Crippen MR) is 436 cm³/mol. The van der Waals surface area contributed by atoms with Crippen LogP contribution >= 0.6 is 0 Å². The van der Waals surface area contributed by atoms with Crippen molar-refractivity contribution in [3.8, 4) is 50.4 Å². The topological polar surface area (TPSA) is 21.3 Å². The molecule has 0 N–H and O–H groups in total. The van der Waals surface area contributed by atoms with Gasteiger partial charge in [-0.25, -0.2) is 0 Å². The molecule has 0 radical (unpaired) electrons. The van der Waals surface area contributed by atoms with Gasteiger partial charge in [-0.15, -0.1) is 0 Å². The van der Waals surface area contributed by atoms with Crippen LogP contribution in [0.2, 0.25) is 0 Å². The Morgan fingerprint density at radius 1 is 0.202 bits per heavy atom. The molecule has 0 unspecified atom stereocenters. The van der Waals surface area contributed by atoms with E-state index in [0.717, 1.165) is 67.3 Å². The highest BCUT2D eigenvalue weighted by molar-refractivity contribution is 6.24. The minimum Gasteiger partial charge on any atom is -0.310 e. The molecule has 17 aromatic carbocycles. The fourth-order valence-corrected chi connectivity index (χ4v) is 18.3. The summed E-state index contributed by atoms with van der Waals surface area (Å²) < 4.78 is 7.52. The minimum absolute atomic E-state index is 0.826. The minimum atomic E-state index is -0.826. The van der Waals surface area contributed by atoms with E-state index in [1.54, 1.807) is 0 Å². The molecule has 0 saturated heterocycles. The zero-order chi connectivity index (χ0) is 68.1. The molecule has 0 fully saturated rings. The van der Waals surface area contributed by atoms with E-state index in [4.69, 9.17) is 0 Å². The van der Waals surface area contributed by atoms with Crippen molar-refractivity contribution in [3.05, 3.63) is 404 Å². The Bertz CT molecular complexity index is 6550. The second kappa shape index (κ2) is 22.6. The maximum atomic E-state index is 2.56. The van der Waals surface area contributed by atoms with Crippen molar-refractivity contribution in [2.24, 2.45) is 0 Å². The highest BCUT2D eigenvalue weighted by Crippen LogP contribution is 2.63. The van der Waals surface area contributed by atoms with Crippen LogP contribution in [-0.2, 0) is 5.41 Å². The SMILES string of the molecule is c1ccc(-c2ccc(-n3c4ccccc4c4cc(N(c5ccccc5)c5ccc6c(c5)C5(c7cc(N(c8ccccc8)c8cc9c%10ccccc%10n(-c%10ccc(-c%11ccccc%11)cc%10)c9c9ccccc89)ccc7-6)c6ccccc6-n6c7ccccc7c7cccc5c76)c5ccccc5c43)cc2)cc1. The van der Waals surface area contributed by atoms with Crippen molar-refractivity contribution in [3.63, 3.8) is 0 Å². The molecular weight excluding hydrogens is 1260 g/mol. The van der Waals surface area contributed by atoms with Gasteiger partial charge in [-0.05, 0) is 165 Å². The van der Waals surface area contributed by atoms with E-state index in [9.17, 15) is 0 Å². The number of nitrogens with zero attached hydrogens (tertiary/aromatic N) is 5. The van der Waals surface area contributed by atoms with Crippen LogP contribution in [0.3, 0.4) is 0 Å². The fraction of sp³-hybridized carbons (Fsp3) is 0.0101. The average Bonchev–Trinajstić information content (AvgIpc) is 1.49. The summed E-state index contributed by atoms with van der Waals surface area (Å²) in [6.07, 6.45) is 0. The predicted octanol–water partition coefficient (Wildman–Crippen LogP) is 26.2. The summed E-state index contributed by atoms with van der Waals surface area (Å²) in [5.41, 5.74) is 28.4. The Hall–Kier alpha value is -13.7. The lowest BCUT2D eigenvalue weighted by Gasteiger charge is -2.40. The van der Waals surface area contributed by atoms with Gasteiger partial charge in [-0.1, -0.05) is 273 Å². The van der Waals surface area contributed by atoms with Gasteiger partial charge in [0.2, 0.25) is 0 Å². The van der Waals surface area contributed by atoms with Crippen molar-refractivity contribution >= 4 is 121 Å². The first kappa shape index (κ1) is 58.1. The summed E-state index contributed by atoms with van der Waals surface area (Å²) in [5.74, 6) is 0. The van der Waals surface area contributed by atoms with E-state index in [0.29, 0.717) is 0 Å². The van der Waals surface area contributed by atoms with Crippen LogP contribution in [0.4, 0.5) is 34.1 Å². The third kappa shape index (κ3) is 8.32. The lowest BCUT2D eigenvalue weighted by Crippen LogP contribution is -2.33. The second-order valence-electron chi connectivity index (χ2n) is 27.8. The lowest BCUT2D eigenvalue weighted by atomic mass is 9.65. The van der Waals surface area contributed by atoms with Crippen molar-refractivity contribution in [2.45, 2.75) is 5.41 Å². The molecule has 5 heteroatoms. The molecule has 5 nitrogen and oxygen atoms in total. The molecule has 104 heavy (non-hydrogen) atoms. The number of aromatic nitrogens is 3. The summed E-state index contributed by atoms with van der Waals surface area (Å²) in [5, 5.41) is 11.9. The van der Waals surface area contributed by atoms with Gasteiger partial charge in [-0.3, -0.25) is 0 Å². The van der Waals surface area contributed by atoms with Gasteiger partial charge in [-0.2, -0.15) is 0 Å². The van der Waals surface area contributed by atoms with Gasteiger partial charge in [0.05, 0.1) is 55.6 Å². The van der Waals surface area contributed by atoms with Gasteiger partial charge in [0.25, 0.3) is 0 Å².